The molecule has 0 saturated heterocycles. The lowest BCUT2D eigenvalue weighted by atomic mass is 9.97. The molecule has 2 amide bonds. The molecule has 0 spiro atoms. The van der Waals surface area contributed by atoms with Crippen molar-refractivity contribution in [1.82, 2.24) is 14.0 Å². The smallest absolute Gasteiger partial charge is 0.330 e. The molecule has 44 heavy (non-hydrogen) atoms. The van der Waals surface area contributed by atoms with Crippen molar-refractivity contribution in [3.8, 4) is 22.8 Å². The molecule has 1 aliphatic carbocycles. The predicted molar refractivity (Wildman–Crippen MR) is 166 cm³/mol. The minimum absolute atomic E-state index is 0.0499. The van der Waals surface area contributed by atoms with Gasteiger partial charge in [-0.3, -0.25) is 23.6 Å². The van der Waals surface area contributed by atoms with Crippen LogP contribution in [0.25, 0.3) is 11.3 Å². The van der Waals surface area contributed by atoms with Crippen LogP contribution >= 0.6 is 0 Å². The lowest BCUT2D eigenvalue weighted by molar-refractivity contribution is 0.0647. The molecule has 224 valence electrons. The summed E-state index contributed by atoms with van der Waals surface area (Å²) in [5, 5.41) is 0. The Balaban J connectivity index is 1.37. The van der Waals surface area contributed by atoms with Crippen LogP contribution in [0.5, 0.6) is 11.5 Å². The molecule has 1 aromatic heterocycles. The van der Waals surface area contributed by atoms with E-state index in [-0.39, 0.29) is 30.6 Å². The standard InChI is InChI=1S/C35H34N4O5/c1-20-15-24(22-9-10-22)16-21(2)32(20)36-31-19-28-27-18-30(44-4)29(43-3)17-23(27)11-12-37(28)35(42)38(31)13-14-39-33(40)25-7-5-6-8-26(25)34(39)41/h5-8,15-19,22H,9-14H2,1-4H3. The van der Waals surface area contributed by atoms with E-state index in [9.17, 15) is 14.4 Å². The summed E-state index contributed by atoms with van der Waals surface area (Å²) in [6, 6.07) is 17.0. The van der Waals surface area contributed by atoms with E-state index in [0.717, 1.165) is 33.6 Å². The molecule has 2 aliphatic heterocycles. The van der Waals surface area contributed by atoms with Crippen LogP contribution < -0.4 is 20.7 Å². The van der Waals surface area contributed by atoms with Crippen molar-refractivity contribution in [2.75, 3.05) is 20.8 Å². The van der Waals surface area contributed by atoms with Gasteiger partial charge in [0.2, 0.25) is 0 Å². The third-order valence-corrected chi connectivity index (χ3v) is 9.00. The second-order valence-corrected chi connectivity index (χ2v) is 11.8. The highest BCUT2D eigenvalue weighted by Crippen LogP contribution is 2.42. The number of hydrogen-bond acceptors (Lipinski definition) is 6. The van der Waals surface area contributed by atoms with Crippen LogP contribution in [0.3, 0.4) is 0 Å². The number of imide groups is 1. The third kappa shape index (κ3) is 4.54. The summed E-state index contributed by atoms with van der Waals surface area (Å²) in [7, 11) is 3.20. The molecule has 3 aliphatic rings. The van der Waals surface area contributed by atoms with Gasteiger partial charge >= 0.3 is 5.69 Å². The molecule has 0 bridgehead atoms. The monoisotopic (exact) mass is 590 g/mol. The maximum Gasteiger partial charge on any atom is 0.330 e. The highest BCUT2D eigenvalue weighted by Gasteiger charge is 2.35. The molecular weight excluding hydrogens is 556 g/mol. The third-order valence-electron chi connectivity index (χ3n) is 9.00. The number of methoxy groups -OCH3 is 2. The zero-order valence-electron chi connectivity index (χ0n) is 25.3. The zero-order valence-corrected chi connectivity index (χ0v) is 25.3. The minimum atomic E-state index is -0.347. The van der Waals surface area contributed by atoms with Gasteiger partial charge in [-0.2, -0.15) is 0 Å². The van der Waals surface area contributed by atoms with E-state index in [1.54, 1.807) is 47.6 Å². The summed E-state index contributed by atoms with van der Waals surface area (Å²) >= 11 is 0. The Kier molecular flexibility index (Phi) is 6.76. The normalized spacial score (nSPS) is 15.7. The molecule has 0 N–H and O–H groups in total. The SMILES string of the molecule is COc1cc2c(cc1OC)-c1cc(=Nc3c(C)cc(C4CC4)cc3C)n(CCN3C(=O)c4ccccc4C3=O)c(=O)n1CC2. The molecule has 0 unspecified atom stereocenters. The average molecular weight is 591 g/mol. The summed E-state index contributed by atoms with van der Waals surface area (Å²) in [5.41, 5.74) is 7.90. The Labute approximate surface area is 255 Å². The Morgan fingerprint density at radius 3 is 2.07 bits per heavy atom. The van der Waals surface area contributed by atoms with Gasteiger partial charge in [-0.15, -0.1) is 0 Å². The fourth-order valence-electron chi connectivity index (χ4n) is 6.54. The Bertz CT molecular complexity index is 1940. The van der Waals surface area contributed by atoms with Crippen molar-refractivity contribution in [3.63, 3.8) is 0 Å². The number of amides is 2. The van der Waals surface area contributed by atoms with Gasteiger partial charge in [0.15, 0.2) is 11.5 Å². The number of hydrogen-bond donors (Lipinski definition) is 0. The summed E-state index contributed by atoms with van der Waals surface area (Å²) in [4.78, 5) is 46.8. The number of aryl methyl sites for hydroxylation is 3. The molecule has 9 heteroatoms. The summed E-state index contributed by atoms with van der Waals surface area (Å²) in [6.45, 7) is 4.74. The maximum absolute atomic E-state index is 14.2. The van der Waals surface area contributed by atoms with Crippen LogP contribution in [0.15, 0.2) is 64.4 Å². The van der Waals surface area contributed by atoms with Gasteiger partial charge < -0.3 is 9.47 Å². The number of nitrogens with zero attached hydrogens (tertiary/aromatic N) is 4. The quantitative estimate of drug-likeness (QED) is 0.285. The molecule has 0 radical (unpaired) electrons. The van der Waals surface area contributed by atoms with Gasteiger partial charge in [-0.1, -0.05) is 24.3 Å². The van der Waals surface area contributed by atoms with E-state index in [0.29, 0.717) is 47.0 Å². The number of rotatable bonds is 7. The number of aromatic nitrogens is 2. The molecule has 1 saturated carbocycles. The molecule has 9 nitrogen and oxygen atoms in total. The van der Waals surface area contributed by atoms with Crippen LogP contribution in [-0.4, -0.2) is 46.6 Å². The van der Waals surface area contributed by atoms with E-state index in [1.165, 1.54) is 23.3 Å². The number of carbonyl (C=O) groups excluding carboxylic acids is 2. The second-order valence-electron chi connectivity index (χ2n) is 11.8. The Morgan fingerprint density at radius 2 is 1.45 bits per heavy atom. The first-order chi connectivity index (χ1) is 21.3. The second kappa shape index (κ2) is 10.7. The van der Waals surface area contributed by atoms with Crippen molar-refractivity contribution in [1.29, 1.82) is 0 Å². The predicted octanol–water partition coefficient (Wildman–Crippen LogP) is 4.91. The van der Waals surface area contributed by atoms with E-state index < -0.39 is 0 Å². The van der Waals surface area contributed by atoms with Gasteiger partial charge in [0.05, 0.1) is 36.7 Å². The van der Waals surface area contributed by atoms with Gasteiger partial charge in [-0.25, -0.2) is 9.79 Å². The minimum Gasteiger partial charge on any atom is -0.493 e. The van der Waals surface area contributed by atoms with E-state index in [2.05, 4.69) is 26.0 Å². The molecule has 3 aromatic carbocycles. The fraction of sp³-hybridized carbons (Fsp3) is 0.314. The average Bonchev–Trinajstić information content (AvgIpc) is 3.85. The number of benzene rings is 3. The Hall–Kier alpha value is -4.92. The van der Waals surface area contributed by atoms with Crippen LogP contribution in [0.2, 0.25) is 0 Å². The van der Waals surface area contributed by atoms with Gasteiger partial charge in [-0.05, 0) is 85.5 Å². The summed E-state index contributed by atoms with van der Waals surface area (Å²) < 4.78 is 14.5. The van der Waals surface area contributed by atoms with Crippen molar-refractivity contribution < 1.29 is 19.1 Å². The molecule has 4 aromatic rings. The Morgan fingerprint density at radius 1 is 0.818 bits per heavy atom. The van der Waals surface area contributed by atoms with E-state index in [4.69, 9.17) is 14.5 Å². The van der Waals surface area contributed by atoms with Gasteiger partial charge in [0.25, 0.3) is 11.8 Å². The molecule has 1 fully saturated rings. The van der Waals surface area contributed by atoms with Gasteiger partial charge in [0.1, 0.15) is 5.49 Å². The fourth-order valence-corrected chi connectivity index (χ4v) is 6.54. The number of fused-ring (bicyclic) bond motifs is 4. The van der Waals surface area contributed by atoms with Gasteiger partial charge in [0, 0.05) is 31.3 Å². The zero-order chi connectivity index (χ0) is 30.7. The lowest BCUT2D eigenvalue weighted by Gasteiger charge is -2.25. The maximum atomic E-state index is 14.2. The number of carbonyl (C=O) groups is 2. The van der Waals surface area contributed by atoms with Crippen LogP contribution in [0.4, 0.5) is 5.69 Å². The lowest BCUT2D eigenvalue weighted by Crippen LogP contribution is -2.45. The van der Waals surface area contributed by atoms with Crippen LogP contribution in [0.1, 0.15) is 61.7 Å². The first-order valence-corrected chi connectivity index (χ1v) is 15.0. The van der Waals surface area contributed by atoms with E-state index in [1.807, 2.05) is 18.2 Å². The van der Waals surface area contributed by atoms with Crippen molar-refractivity contribution >= 4 is 17.5 Å². The summed E-state index contributed by atoms with van der Waals surface area (Å²) in [6.07, 6.45) is 3.06. The molecule has 7 rings (SSSR count). The van der Waals surface area contributed by atoms with Crippen molar-refractivity contribution in [2.45, 2.75) is 52.1 Å². The summed E-state index contributed by atoms with van der Waals surface area (Å²) in [5.74, 6) is 1.14. The first-order valence-electron chi connectivity index (χ1n) is 15.0. The molecule has 3 heterocycles. The van der Waals surface area contributed by atoms with Crippen molar-refractivity contribution in [3.05, 3.63) is 104 Å². The van der Waals surface area contributed by atoms with Crippen LogP contribution in [0, 0.1) is 13.8 Å². The van der Waals surface area contributed by atoms with Crippen molar-refractivity contribution in [2.24, 2.45) is 4.99 Å². The topological polar surface area (TPSA) is 95.1 Å². The highest BCUT2D eigenvalue weighted by molar-refractivity contribution is 6.21. The number of ether oxygens (including phenoxy) is 2. The van der Waals surface area contributed by atoms with E-state index >= 15 is 0 Å². The van der Waals surface area contributed by atoms with Crippen LogP contribution in [-0.2, 0) is 19.5 Å². The highest BCUT2D eigenvalue weighted by atomic mass is 16.5. The largest absolute Gasteiger partial charge is 0.493 e. The molecular formula is C35H34N4O5. The first kappa shape index (κ1) is 27.9. The molecule has 0 atom stereocenters.